The lowest BCUT2D eigenvalue weighted by Gasteiger charge is -2.51. The zero-order chi connectivity index (χ0) is 30.0. The van der Waals surface area contributed by atoms with Crippen molar-refractivity contribution in [3.63, 3.8) is 0 Å². The van der Waals surface area contributed by atoms with Gasteiger partial charge in [0.05, 0.1) is 16.1 Å². The van der Waals surface area contributed by atoms with Gasteiger partial charge in [0.15, 0.2) is 9.84 Å². The summed E-state index contributed by atoms with van der Waals surface area (Å²) in [5.41, 5.74) is 2.17. The minimum atomic E-state index is -3.66. The fourth-order valence-electron chi connectivity index (χ4n) is 6.00. The van der Waals surface area contributed by atoms with E-state index in [9.17, 15) is 27.9 Å². The van der Waals surface area contributed by atoms with Crippen molar-refractivity contribution >= 4 is 39.1 Å². The number of amides is 3. The first kappa shape index (κ1) is 31.1. The number of anilines is 2. The van der Waals surface area contributed by atoms with Crippen molar-refractivity contribution in [2.75, 3.05) is 16.9 Å². The number of carboxylic acid groups (broad SMARTS) is 1. The van der Waals surface area contributed by atoms with Crippen LogP contribution >= 0.6 is 0 Å². The summed E-state index contributed by atoms with van der Waals surface area (Å²) in [5, 5.41) is 18.4. The van der Waals surface area contributed by atoms with Gasteiger partial charge in [0.1, 0.15) is 6.04 Å². The number of hydrogen-bond acceptors (Lipinski definition) is 5. The first-order valence-electron chi connectivity index (χ1n) is 13.5. The number of benzene rings is 2. The van der Waals surface area contributed by atoms with Crippen LogP contribution in [-0.2, 0) is 14.6 Å². The number of urea groups is 1. The van der Waals surface area contributed by atoms with E-state index in [1.165, 1.54) is 18.2 Å². The first-order valence-corrected chi connectivity index (χ1v) is 15.4. The molecule has 2 aromatic carbocycles. The molecule has 1 aliphatic carbocycles. The molecule has 218 valence electrons. The van der Waals surface area contributed by atoms with Crippen molar-refractivity contribution in [1.29, 1.82) is 0 Å². The molecule has 3 rings (SSSR count). The molecule has 0 aromatic heterocycles. The van der Waals surface area contributed by atoms with Gasteiger partial charge in [0, 0.05) is 17.4 Å². The summed E-state index contributed by atoms with van der Waals surface area (Å²) in [7, 11) is -3.66. The molecule has 3 amide bonds. The van der Waals surface area contributed by atoms with Crippen LogP contribution in [0.4, 0.5) is 16.2 Å². The maximum absolute atomic E-state index is 13.6. The van der Waals surface area contributed by atoms with Crippen molar-refractivity contribution in [3.05, 3.63) is 52.6 Å². The third-order valence-electron chi connectivity index (χ3n) is 8.14. The fourth-order valence-corrected chi connectivity index (χ4v) is 6.65. The molecule has 2 aromatic rings. The van der Waals surface area contributed by atoms with Gasteiger partial charge in [0.25, 0.3) is 5.91 Å². The number of rotatable bonds is 7. The second-order valence-electron chi connectivity index (χ2n) is 12.0. The molecule has 10 heteroatoms. The van der Waals surface area contributed by atoms with Gasteiger partial charge < -0.3 is 21.1 Å². The Hall–Kier alpha value is -3.40. The minimum absolute atomic E-state index is 0.0361. The third kappa shape index (κ3) is 6.66. The van der Waals surface area contributed by atoms with E-state index >= 15 is 0 Å². The van der Waals surface area contributed by atoms with Gasteiger partial charge in [-0.05, 0) is 68.4 Å². The van der Waals surface area contributed by atoms with E-state index in [-0.39, 0.29) is 16.1 Å². The molecule has 9 nitrogen and oxygen atoms in total. The van der Waals surface area contributed by atoms with Gasteiger partial charge in [0.2, 0.25) is 0 Å². The summed E-state index contributed by atoms with van der Waals surface area (Å²) < 4.78 is 24.6. The lowest BCUT2D eigenvalue weighted by Crippen LogP contribution is -2.58. The highest BCUT2D eigenvalue weighted by Crippen LogP contribution is 2.52. The molecular formula is C30H41N3O6S. The topological polar surface area (TPSA) is 142 Å². The average molecular weight is 572 g/mol. The van der Waals surface area contributed by atoms with Gasteiger partial charge >= 0.3 is 12.0 Å². The highest BCUT2D eigenvalue weighted by Gasteiger charge is 2.52. The highest BCUT2D eigenvalue weighted by molar-refractivity contribution is 7.90. The van der Waals surface area contributed by atoms with E-state index in [2.05, 4.69) is 16.0 Å². The van der Waals surface area contributed by atoms with E-state index in [1.807, 2.05) is 53.7 Å². The third-order valence-corrected chi connectivity index (χ3v) is 9.25. The lowest BCUT2D eigenvalue weighted by atomic mass is 9.55. The summed E-state index contributed by atoms with van der Waals surface area (Å²) in [4.78, 5) is 39.2. The Kier molecular flexibility index (Phi) is 9.03. The number of aryl methyl sites for hydroxylation is 3. The monoisotopic (exact) mass is 571 g/mol. The SMILES string of the molecule is Cc1cc(C)c(NC(=O)Nc2cc(S(C)(=O)=O)ccc2C(=O)N[C@H](C(=O)O)C2(C(C)(C)C)CCCCC2)c(C)c1. The van der Waals surface area contributed by atoms with Crippen LogP contribution in [0.1, 0.15) is 79.9 Å². The standard InChI is InChI=1S/C30H41N3O6S/c1-18-15-19(2)24(20(3)16-18)32-28(37)31-23-17-21(40(7,38)39)11-12-22(23)26(34)33-25(27(35)36)30(29(4,5)6)13-9-8-10-14-30/h11-12,15-17,25H,8-10,13-14H2,1-7H3,(H,33,34)(H,35,36)(H2,31,32,37)/t25-/m1/s1. The molecule has 0 aliphatic heterocycles. The Labute approximate surface area is 237 Å². The number of aliphatic carboxylic acids is 1. The van der Waals surface area contributed by atoms with E-state index in [1.54, 1.807) is 0 Å². The van der Waals surface area contributed by atoms with Crippen LogP contribution < -0.4 is 16.0 Å². The molecule has 4 N–H and O–H groups in total. The molecule has 0 bridgehead atoms. The van der Waals surface area contributed by atoms with E-state index in [4.69, 9.17) is 0 Å². The van der Waals surface area contributed by atoms with Crippen LogP contribution in [0.25, 0.3) is 0 Å². The predicted octanol–water partition coefficient (Wildman–Crippen LogP) is 5.84. The Morgan fingerprint density at radius 3 is 2.00 bits per heavy atom. The fraction of sp³-hybridized carbons (Fsp3) is 0.500. The van der Waals surface area contributed by atoms with Crippen molar-refractivity contribution in [1.82, 2.24) is 5.32 Å². The number of nitrogens with one attached hydrogen (secondary N) is 3. The second kappa shape index (κ2) is 11.6. The van der Waals surface area contributed by atoms with Crippen LogP contribution in [0.5, 0.6) is 0 Å². The van der Waals surface area contributed by atoms with Crippen LogP contribution in [0.2, 0.25) is 0 Å². The smallest absolute Gasteiger partial charge is 0.326 e. The maximum Gasteiger partial charge on any atom is 0.326 e. The first-order chi connectivity index (χ1) is 18.5. The number of hydrogen-bond donors (Lipinski definition) is 4. The summed E-state index contributed by atoms with van der Waals surface area (Å²) in [5.74, 6) is -1.84. The van der Waals surface area contributed by atoms with E-state index in [0.29, 0.717) is 18.5 Å². The second-order valence-corrected chi connectivity index (χ2v) is 14.1. The summed E-state index contributed by atoms with van der Waals surface area (Å²) in [6, 6.07) is 5.80. The Bertz CT molecular complexity index is 1400. The summed E-state index contributed by atoms with van der Waals surface area (Å²) >= 11 is 0. The Morgan fingerprint density at radius 1 is 0.925 bits per heavy atom. The van der Waals surface area contributed by atoms with E-state index in [0.717, 1.165) is 42.2 Å². The van der Waals surface area contributed by atoms with Crippen molar-refractivity contribution in [2.45, 2.75) is 84.6 Å². The van der Waals surface area contributed by atoms with E-state index < -0.39 is 44.6 Å². The lowest BCUT2D eigenvalue weighted by molar-refractivity contribution is -0.148. The van der Waals surface area contributed by atoms with Gasteiger partial charge in [-0.1, -0.05) is 57.7 Å². The zero-order valence-corrected chi connectivity index (χ0v) is 25.2. The quantitative estimate of drug-likeness (QED) is 0.329. The van der Waals surface area contributed by atoms with Gasteiger partial charge in [-0.2, -0.15) is 0 Å². The largest absolute Gasteiger partial charge is 0.480 e. The maximum atomic E-state index is 13.6. The summed E-state index contributed by atoms with van der Waals surface area (Å²) in [6.45, 7) is 11.7. The molecule has 1 saturated carbocycles. The molecule has 0 spiro atoms. The molecule has 0 heterocycles. The number of sulfone groups is 1. The summed E-state index contributed by atoms with van der Waals surface area (Å²) in [6.07, 6.45) is 5.08. The highest BCUT2D eigenvalue weighted by atomic mass is 32.2. The van der Waals surface area contributed by atoms with Crippen LogP contribution in [0, 0.1) is 31.6 Å². The van der Waals surface area contributed by atoms with Crippen molar-refractivity contribution in [2.24, 2.45) is 10.8 Å². The average Bonchev–Trinajstić information content (AvgIpc) is 2.83. The van der Waals surface area contributed by atoms with Crippen LogP contribution in [-0.4, -0.2) is 43.7 Å². The molecule has 1 fully saturated rings. The normalized spacial score (nSPS) is 16.1. The van der Waals surface area contributed by atoms with Gasteiger partial charge in [-0.25, -0.2) is 18.0 Å². The predicted molar refractivity (Wildman–Crippen MR) is 157 cm³/mol. The molecule has 1 atom stereocenters. The molecule has 1 aliphatic rings. The Morgan fingerprint density at radius 2 is 1.50 bits per heavy atom. The molecule has 0 radical (unpaired) electrons. The van der Waals surface area contributed by atoms with Gasteiger partial charge in [-0.15, -0.1) is 0 Å². The number of carbonyl (C=O) groups excluding carboxylic acids is 2. The molecule has 0 unspecified atom stereocenters. The zero-order valence-electron chi connectivity index (χ0n) is 24.4. The molecular weight excluding hydrogens is 530 g/mol. The van der Waals surface area contributed by atoms with Crippen molar-refractivity contribution in [3.8, 4) is 0 Å². The van der Waals surface area contributed by atoms with Gasteiger partial charge in [-0.3, -0.25) is 4.79 Å². The van der Waals surface area contributed by atoms with Crippen molar-refractivity contribution < 1.29 is 27.9 Å². The number of carboxylic acids is 1. The Balaban J connectivity index is 1.99. The molecule has 0 saturated heterocycles. The number of carbonyl (C=O) groups is 3. The minimum Gasteiger partial charge on any atom is -0.480 e. The van der Waals surface area contributed by atoms with Crippen LogP contribution in [0.15, 0.2) is 35.2 Å². The molecule has 40 heavy (non-hydrogen) atoms. The van der Waals surface area contributed by atoms with Crippen LogP contribution in [0.3, 0.4) is 0 Å².